The number of nitrogens with one attached hydrogen (secondary N) is 1. The Hall–Kier alpha value is -3.26. The zero-order valence-corrected chi connectivity index (χ0v) is 18.2. The highest BCUT2D eigenvalue weighted by molar-refractivity contribution is 7.17. The van der Waals surface area contributed by atoms with Gasteiger partial charge in [-0.25, -0.2) is 4.98 Å². The number of aromatic nitrogens is 3. The Bertz CT molecular complexity index is 1360. The van der Waals surface area contributed by atoms with Gasteiger partial charge in [-0.3, -0.25) is 14.6 Å². The van der Waals surface area contributed by atoms with Gasteiger partial charge in [-0.05, 0) is 47.5 Å². The van der Waals surface area contributed by atoms with E-state index in [1.54, 1.807) is 23.6 Å². The number of amides is 1. The number of likely N-dealkylation sites (tertiary alicyclic amines) is 1. The van der Waals surface area contributed by atoms with Crippen molar-refractivity contribution < 1.29 is 9.53 Å². The molecule has 5 rings (SSSR count). The van der Waals surface area contributed by atoms with Crippen molar-refractivity contribution in [2.24, 2.45) is 0 Å². The molecular formula is C23H22N4O3S. The molecule has 8 heteroatoms. The number of aromatic amines is 1. The number of fused-ring (bicyclic) bond motifs is 2. The maximum absolute atomic E-state index is 12.9. The third kappa shape index (κ3) is 3.67. The van der Waals surface area contributed by atoms with Crippen LogP contribution in [0.25, 0.3) is 32.5 Å². The van der Waals surface area contributed by atoms with Gasteiger partial charge in [0, 0.05) is 25.6 Å². The third-order valence-electron chi connectivity index (χ3n) is 5.66. The summed E-state index contributed by atoms with van der Waals surface area (Å²) in [5, 5.41) is 3.57. The molecule has 1 amide bonds. The van der Waals surface area contributed by atoms with E-state index in [9.17, 15) is 9.59 Å². The molecule has 158 valence electrons. The molecule has 1 aliphatic heterocycles. The van der Waals surface area contributed by atoms with Crippen molar-refractivity contribution in [2.75, 3.05) is 13.1 Å². The number of ether oxygens (including phenoxy) is 1. The zero-order chi connectivity index (χ0) is 21.5. The van der Waals surface area contributed by atoms with E-state index < -0.39 is 0 Å². The van der Waals surface area contributed by atoms with E-state index in [0.29, 0.717) is 47.7 Å². The van der Waals surface area contributed by atoms with Gasteiger partial charge < -0.3 is 14.6 Å². The topological polar surface area (TPSA) is 88.2 Å². The Kier molecular flexibility index (Phi) is 4.94. The summed E-state index contributed by atoms with van der Waals surface area (Å²) >= 11 is 1.63. The van der Waals surface area contributed by atoms with E-state index in [2.05, 4.69) is 9.97 Å². The molecule has 0 saturated carbocycles. The van der Waals surface area contributed by atoms with Crippen LogP contribution in [0.4, 0.5) is 0 Å². The molecule has 3 aromatic heterocycles. The van der Waals surface area contributed by atoms with Gasteiger partial charge in [0.2, 0.25) is 5.91 Å². The molecule has 0 radical (unpaired) electrons. The van der Waals surface area contributed by atoms with Gasteiger partial charge >= 0.3 is 0 Å². The van der Waals surface area contributed by atoms with Gasteiger partial charge in [0.15, 0.2) is 5.82 Å². The van der Waals surface area contributed by atoms with Crippen LogP contribution >= 0.6 is 11.3 Å². The van der Waals surface area contributed by atoms with Crippen LogP contribution in [0.1, 0.15) is 25.3 Å². The second-order valence-electron chi connectivity index (χ2n) is 7.80. The van der Waals surface area contributed by atoms with Gasteiger partial charge in [-0.2, -0.15) is 0 Å². The summed E-state index contributed by atoms with van der Waals surface area (Å²) in [5.74, 6) is 1.22. The van der Waals surface area contributed by atoms with Crippen molar-refractivity contribution in [1.29, 1.82) is 0 Å². The van der Waals surface area contributed by atoms with E-state index >= 15 is 0 Å². The average Bonchev–Trinajstić information content (AvgIpc) is 3.42. The van der Waals surface area contributed by atoms with Crippen LogP contribution in [-0.2, 0) is 4.79 Å². The predicted octanol–water partition coefficient (Wildman–Crippen LogP) is 3.90. The molecule has 0 unspecified atom stereocenters. The number of carbonyl (C=O) groups is 1. The second-order valence-corrected chi connectivity index (χ2v) is 8.75. The normalized spacial score (nSPS) is 16.3. The van der Waals surface area contributed by atoms with Crippen LogP contribution in [0.5, 0.6) is 5.75 Å². The summed E-state index contributed by atoms with van der Waals surface area (Å²) in [6, 6.07) is 7.60. The number of benzene rings is 1. The second kappa shape index (κ2) is 7.77. The molecule has 1 atom stereocenters. The molecule has 0 aliphatic carbocycles. The number of hydrogen-bond acceptors (Lipinski definition) is 6. The maximum Gasteiger partial charge on any atom is 0.259 e. The molecule has 1 aromatic carbocycles. The fraction of sp³-hybridized carbons (Fsp3) is 0.304. The number of pyridine rings is 1. The van der Waals surface area contributed by atoms with Crippen LogP contribution in [0.2, 0.25) is 0 Å². The molecule has 4 aromatic rings. The fourth-order valence-electron chi connectivity index (χ4n) is 4.04. The van der Waals surface area contributed by atoms with Crippen molar-refractivity contribution >= 4 is 38.2 Å². The SMILES string of the molecule is CCC(=O)N1CC[C@@H](Oc2cc(C)c3nc(-c4cc5ccsc5cn4)[nH]c(=O)c3c2)C1. The molecule has 1 fully saturated rings. The molecule has 1 saturated heterocycles. The predicted molar refractivity (Wildman–Crippen MR) is 122 cm³/mol. The number of H-pyrrole nitrogens is 1. The summed E-state index contributed by atoms with van der Waals surface area (Å²) in [7, 11) is 0. The lowest BCUT2D eigenvalue weighted by Gasteiger charge is -2.17. The highest BCUT2D eigenvalue weighted by Crippen LogP contribution is 2.27. The van der Waals surface area contributed by atoms with Crippen LogP contribution in [0.15, 0.2) is 40.6 Å². The first-order chi connectivity index (χ1) is 15.0. The van der Waals surface area contributed by atoms with E-state index in [4.69, 9.17) is 9.72 Å². The van der Waals surface area contributed by atoms with Crippen molar-refractivity contribution in [3.63, 3.8) is 0 Å². The molecule has 0 spiro atoms. The fourth-order valence-corrected chi connectivity index (χ4v) is 4.77. The molecule has 1 aliphatic rings. The Balaban J connectivity index is 1.46. The van der Waals surface area contributed by atoms with Crippen molar-refractivity contribution in [2.45, 2.75) is 32.8 Å². The van der Waals surface area contributed by atoms with Gasteiger partial charge in [-0.15, -0.1) is 11.3 Å². The first-order valence-electron chi connectivity index (χ1n) is 10.3. The quantitative estimate of drug-likeness (QED) is 0.526. The maximum atomic E-state index is 12.9. The lowest BCUT2D eigenvalue weighted by molar-refractivity contribution is -0.130. The van der Waals surface area contributed by atoms with E-state index in [-0.39, 0.29) is 17.6 Å². The Morgan fingerprint density at radius 3 is 3.06 bits per heavy atom. The first-order valence-corrected chi connectivity index (χ1v) is 11.2. The number of rotatable bonds is 4. The summed E-state index contributed by atoms with van der Waals surface area (Å²) in [5.41, 5.74) is 1.90. The molecule has 0 bridgehead atoms. The lowest BCUT2D eigenvalue weighted by atomic mass is 10.1. The van der Waals surface area contributed by atoms with Crippen LogP contribution in [0, 0.1) is 6.92 Å². The summed E-state index contributed by atoms with van der Waals surface area (Å²) in [6.07, 6.45) is 3.02. The summed E-state index contributed by atoms with van der Waals surface area (Å²) < 4.78 is 7.21. The Morgan fingerprint density at radius 2 is 2.23 bits per heavy atom. The smallest absolute Gasteiger partial charge is 0.259 e. The van der Waals surface area contributed by atoms with E-state index in [1.165, 1.54) is 0 Å². The molecule has 31 heavy (non-hydrogen) atoms. The minimum absolute atomic E-state index is 0.0693. The third-order valence-corrected chi connectivity index (χ3v) is 6.53. The van der Waals surface area contributed by atoms with Crippen LogP contribution in [0.3, 0.4) is 0 Å². The minimum atomic E-state index is -0.227. The molecule has 1 N–H and O–H groups in total. The molecule has 4 heterocycles. The first kappa shape index (κ1) is 19.7. The number of hydrogen-bond donors (Lipinski definition) is 1. The summed E-state index contributed by atoms with van der Waals surface area (Å²) in [4.78, 5) is 38.6. The Morgan fingerprint density at radius 1 is 1.35 bits per heavy atom. The monoisotopic (exact) mass is 434 g/mol. The minimum Gasteiger partial charge on any atom is -0.488 e. The van der Waals surface area contributed by atoms with Gasteiger partial charge in [-0.1, -0.05) is 6.92 Å². The summed E-state index contributed by atoms with van der Waals surface area (Å²) in [6.45, 7) is 5.07. The highest BCUT2D eigenvalue weighted by atomic mass is 32.1. The standard InChI is InChI=1S/C23H22N4O3S/c1-3-20(28)27-6-4-15(12-27)30-16-8-13(2)21-17(10-16)23(29)26-22(25-21)18-9-14-5-7-31-19(14)11-24-18/h5,7-11,15H,3-4,6,12H2,1-2H3,(H,25,26,29)/t15-/m1/s1. The lowest BCUT2D eigenvalue weighted by Crippen LogP contribution is -2.30. The van der Waals surface area contributed by atoms with E-state index in [1.807, 2.05) is 42.3 Å². The largest absolute Gasteiger partial charge is 0.488 e. The van der Waals surface area contributed by atoms with Crippen LogP contribution < -0.4 is 10.3 Å². The van der Waals surface area contributed by atoms with Crippen molar-refractivity contribution in [3.05, 3.63) is 51.8 Å². The van der Waals surface area contributed by atoms with Crippen molar-refractivity contribution in [3.8, 4) is 17.3 Å². The van der Waals surface area contributed by atoms with Crippen molar-refractivity contribution in [1.82, 2.24) is 19.9 Å². The van der Waals surface area contributed by atoms with E-state index in [0.717, 1.165) is 22.1 Å². The number of thiophene rings is 1. The highest BCUT2D eigenvalue weighted by Gasteiger charge is 2.27. The molecule has 7 nitrogen and oxygen atoms in total. The van der Waals surface area contributed by atoms with Crippen LogP contribution in [-0.4, -0.2) is 45.0 Å². The van der Waals surface area contributed by atoms with Gasteiger partial charge in [0.1, 0.15) is 17.5 Å². The van der Waals surface area contributed by atoms with Gasteiger partial charge in [0.05, 0.1) is 22.1 Å². The molecular weight excluding hydrogens is 412 g/mol. The number of aryl methyl sites for hydroxylation is 1. The van der Waals surface area contributed by atoms with Gasteiger partial charge in [0.25, 0.3) is 5.56 Å². The Labute approximate surface area is 182 Å². The average molecular weight is 435 g/mol. The zero-order valence-electron chi connectivity index (χ0n) is 17.3. The number of carbonyl (C=O) groups excluding carboxylic acids is 1. The number of nitrogens with zero attached hydrogens (tertiary/aromatic N) is 3.